The smallest absolute Gasteiger partial charge is 0.251 e. The van der Waals surface area contributed by atoms with E-state index in [0.717, 1.165) is 38.5 Å². The molecule has 0 aromatic heterocycles. The number of carbonyl (C=O) groups is 2. The van der Waals surface area contributed by atoms with Crippen LogP contribution in [0.2, 0.25) is 0 Å². The Labute approximate surface area is 187 Å². The first-order valence-corrected chi connectivity index (χ1v) is 11.1. The summed E-state index contributed by atoms with van der Waals surface area (Å²) in [5, 5.41) is 5.89. The lowest BCUT2D eigenvalue weighted by Crippen LogP contribution is -2.24. The van der Waals surface area contributed by atoms with Gasteiger partial charge in [0.1, 0.15) is 0 Å². The molecule has 2 heterocycles. The number of ether oxygens (including phenoxy) is 4. The number of hydrogen-bond donors (Lipinski definition) is 2. The quantitative estimate of drug-likeness (QED) is 0.518. The molecule has 0 atom stereocenters. The standard InChI is InChI=1S/C24H28N2O6/c27-23(17-7-9-19-21(13-17)31-15-29-19)25-11-5-3-1-2-4-6-12-26-24(28)18-8-10-20-22(14-18)32-16-30-20/h7-10,13-14H,1-6,11-12,15-16H2,(H,25,27)(H,26,28). The van der Waals surface area contributed by atoms with Crippen LogP contribution in [0.15, 0.2) is 36.4 Å². The molecule has 2 aliphatic heterocycles. The predicted octanol–water partition coefficient (Wildman–Crippen LogP) is 3.64. The molecule has 170 valence electrons. The highest BCUT2D eigenvalue weighted by atomic mass is 16.7. The van der Waals surface area contributed by atoms with Crippen molar-refractivity contribution in [2.45, 2.75) is 38.5 Å². The summed E-state index contributed by atoms with van der Waals surface area (Å²) in [6.07, 6.45) is 6.22. The van der Waals surface area contributed by atoms with Crippen molar-refractivity contribution >= 4 is 11.8 Å². The minimum atomic E-state index is -0.0958. The van der Waals surface area contributed by atoms with Gasteiger partial charge in [0.2, 0.25) is 13.6 Å². The van der Waals surface area contributed by atoms with Crippen LogP contribution >= 0.6 is 0 Å². The predicted molar refractivity (Wildman–Crippen MR) is 117 cm³/mol. The molecule has 0 unspecified atom stereocenters. The molecule has 4 rings (SSSR count). The van der Waals surface area contributed by atoms with Gasteiger partial charge in [-0.1, -0.05) is 25.7 Å². The monoisotopic (exact) mass is 440 g/mol. The minimum Gasteiger partial charge on any atom is -0.454 e. The fourth-order valence-electron chi connectivity index (χ4n) is 3.64. The van der Waals surface area contributed by atoms with Crippen LogP contribution in [0, 0.1) is 0 Å². The Balaban J connectivity index is 1.01. The van der Waals surface area contributed by atoms with Crippen molar-refractivity contribution < 1.29 is 28.5 Å². The third kappa shape index (κ3) is 5.63. The van der Waals surface area contributed by atoms with E-state index in [4.69, 9.17) is 18.9 Å². The highest BCUT2D eigenvalue weighted by molar-refractivity contribution is 5.95. The Hall–Kier alpha value is -3.42. The van der Waals surface area contributed by atoms with Gasteiger partial charge in [0.25, 0.3) is 11.8 Å². The van der Waals surface area contributed by atoms with Crippen LogP contribution < -0.4 is 29.6 Å². The fourth-order valence-corrected chi connectivity index (χ4v) is 3.64. The van der Waals surface area contributed by atoms with Gasteiger partial charge in [-0.15, -0.1) is 0 Å². The minimum absolute atomic E-state index is 0.0958. The maximum atomic E-state index is 12.2. The molecule has 0 saturated carbocycles. The summed E-state index contributed by atoms with van der Waals surface area (Å²) in [4.78, 5) is 24.4. The van der Waals surface area contributed by atoms with E-state index in [2.05, 4.69) is 10.6 Å². The molecule has 0 radical (unpaired) electrons. The topological polar surface area (TPSA) is 95.1 Å². The van der Waals surface area contributed by atoms with Gasteiger partial charge in [-0.05, 0) is 49.2 Å². The molecule has 8 heteroatoms. The van der Waals surface area contributed by atoms with Crippen LogP contribution in [0.25, 0.3) is 0 Å². The fraction of sp³-hybridized carbons (Fsp3) is 0.417. The average molecular weight is 440 g/mol. The van der Waals surface area contributed by atoms with Crippen molar-refractivity contribution in [3.05, 3.63) is 47.5 Å². The number of nitrogens with one attached hydrogen (secondary N) is 2. The molecule has 0 fully saturated rings. The Kier molecular flexibility index (Phi) is 7.32. The Morgan fingerprint density at radius 3 is 1.47 bits per heavy atom. The molecule has 2 aromatic rings. The SMILES string of the molecule is O=C(NCCCCCCCCNC(=O)c1ccc2c(c1)OCO2)c1ccc2c(c1)OCO2. The molecule has 0 bridgehead atoms. The second-order valence-electron chi connectivity index (χ2n) is 7.77. The van der Waals surface area contributed by atoms with Crippen LogP contribution in [-0.4, -0.2) is 38.5 Å². The van der Waals surface area contributed by atoms with Crippen molar-refractivity contribution in [2.75, 3.05) is 26.7 Å². The van der Waals surface area contributed by atoms with E-state index in [1.54, 1.807) is 36.4 Å². The van der Waals surface area contributed by atoms with Crippen molar-refractivity contribution in [1.82, 2.24) is 10.6 Å². The normalized spacial score (nSPS) is 13.1. The van der Waals surface area contributed by atoms with Gasteiger partial charge < -0.3 is 29.6 Å². The third-order valence-corrected chi connectivity index (χ3v) is 5.44. The van der Waals surface area contributed by atoms with E-state index in [0.29, 0.717) is 47.2 Å². The molecular formula is C24H28N2O6. The molecular weight excluding hydrogens is 412 g/mol. The Bertz CT molecular complexity index is 884. The first-order valence-electron chi connectivity index (χ1n) is 11.1. The number of rotatable bonds is 11. The zero-order valence-corrected chi connectivity index (χ0v) is 18.0. The largest absolute Gasteiger partial charge is 0.454 e. The number of hydrogen-bond acceptors (Lipinski definition) is 6. The van der Waals surface area contributed by atoms with E-state index in [-0.39, 0.29) is 25.4 Å². The van der Waals surface area contributed by atoms with Gasteiger partial charge in [0.15, 0.2) is 23.0 Å². The summed E-state index contributed by atoms with van der Waals surface area (Å²) in [6, 6.07) is 10.4. The summed E-state index contributed by atoms with van der Waals surface area (Å²) >= 11 is 0. The highest BCUT2D eigenvalue weighted by Gasteiger charge is 2.17. The van der Waals surface area contributed by atoms with Crippen LogP contribution in [0.3, 0.4) is 0 Å². The first kappa shape index (κ1) is 21.8. The van der Waals surface area contributed by atoms with Gasteiger partial charge in [0, 0.05) is 24.2 Å². The lowest BCUT2D eigenvalue weighted by atomic mass is 10.1. The summed E-state index contributed by atoms with van der Waals surface area (Å²) < 4.78 is 21.1. The van der Waals surface area contributed by atoms with Gasteiger partial charge in [-0.3, -0.25) is 9.59 Å². The summed E-state index contributed by atoms with van der Waals surface area (Å²) in [5.41, 5.74) is 1.16. The van der Waals surface area contributed by atoms with Gasteiger partial charge >= 0.3 is 0 Å². The molecule has 8 nitrogen and oxygen atoms in total. The molecule has 2 aliphatic rings. The summed E-state index contributed by atoms with van der Waals surface area (Å²) in [5.74, 6) is 2.39. The molecule has 0 saturated heterocycles. The lowest BCUT2D eigenvalue weighted by Gasteiger charge is -2.07. The zero-order chi connectivity index (χ0) is 22.2. The van der Waals surface area contributed by atoms with Crippen LogP contribution in [-0.2, 0) is 0 Å². The van der Waals surface area contributed by atoms with E-state index in [1.807, 2.05) is 0 Å². The number of amides is 2. The zero-order valence-electron chi connectivity index (χ0n) is 18.0. The van der Waals surface area contributed by atoms with E-state index >= 15 is 0 Å². The number of fused-ring (bicyclic) bond motifs is 2. The van der Waals surface area contributed by atoms with Crippen molar-refractivity contribution in [1.29, 1.82) is 0 Å². The molecule has 0 spiro atoms. The molecule has 2 amide bonds. The Morgan fingerprint density at radius 1 is 0.594 bits per heavy atom. The third-order valence-electron chi connectivity index (χ3n) is 5.44. The maximum absolute atomic E-state index is 12.2. The van der Waals surface area contributed by atoms with E-state index in [1.165, 1.54) is 0 Å². The maximum Gasteiger partial charge on any atom is 0.251 e. The number of carbonyl (C=O) groups excluding carboxylic acids is 2. The molecule has 2 N–H and O–H groups in total. The average Bonchev–Trinajstić information content (AvgIpc) is 3.48. The van der Waals surface area contributed by atoms with Crippen molar-refractivity contribution in [3.8, 4) is 23.0 Å². The van der Waals surface area contributed by atoms with Crippen LogP contribution in [0.4, 0.5) is 0 Å². The van der Waals surface area contributed by atoms with Gasteiger partial charge in [0.05, 0.1) is 0 Å². The molecule has 0 aliphatic carbocycles. The number of benzene rings is 2. The second kappa shape index (κ2) is 10.7. The molecule has 2 aromatic carbocycles. The molecule has 32 heavy (non-hydrogen) atoms. The second-order valence-corrected chi connectivity index (χ2v) is 7.77. The van der Waals surface area contributed by atoms with Gasteiger partial charge in [-0.25, -0.2) is 0 Å². The summed E-state index contributed by atoms with van der Waals surface area (Å²) in [7, 11) is 0. The van der Waals surface area contributed by atoms with Crippen molar-refractivity contribution in [3.63, 3.8) is 0 Å². The van der Waals surface area contributed by atoms with E-state index < -0.39 is 0 Å². The van der Waals surface area contributed by atoms with Crippen LogP contribution in [0.1, 0.15) is 59.2 Å². The van der Waals surface area contributed by atoms with Crippen LogP contribution in [0.5, 0.6) is 23.0 Å². The van der Waals surface area contributed by atoms with E-state index in [9.17, 15) is 9.59 Å². The summed E-state index contributed by atoms with van der Waals surface area (Å²) in [6.45, 7) is 1.71. The highest BCUT2D eigenvalue weighted by Crippen LogP contribution is 2.33. The van der Waals surface area contributed by atoms with Gasteiger partial charge in [-0.2, -0.15) is 0 Å². The first-order chi connectivity index (χ1) is 15.7. The number of unbranched alkanes of at least 4 members (excludes halogenated alkanes) is 5. The Morgan fingerprint density at radius 2 is 1.00 bits per heavy atom. The van der Waals surface area contributed by atoms with Crippen molar-refractivity contribution in [2.24, 2.45) is 0 Å². The lowest BCUT2D eigenvalue weighted by molar-refractivity contribution is 0.0944.